The van der Waals surface area contributed by atoms with Gasteiger partial charge in [-0.15, -0.1) is 12.4 Å². The minimum absolute atomic E-state index is 0. The zero-order valence-corrected chi connectivity index (χ0v) is 19.8. The minimum atomic E-state index is -4.70. The molecule has 1 aliphatic heterocycles. The number of halogens is 5. The van der Waals surface area contributed by atoms with E-state index in [1.165, 1.54) is 31.4 Å². The van der Waals surface area contributed by atoms with Gasteiger partial charge in [0.2, 0.25) is 0 Å². The van der Waals surface area contributed by atoms with E-state index in [2.05, 4.69) is 4.72 Å². The summed E-state index contributed by atoms with van der Waals surface area (Å²) in [7, 11) is -3.02. The van der Waals surface area contributed by atoms with Gasteiger partial charge in [-0.1, -0.05) is 23.7 Å². The number of benzene rings is 2. The molecule has 1 heterocycles. The van der Waals surface area contributed by atoms with Gasteiger partial charge in [-0.25, -0.2) is 8.42 Å². The summed E-state index contributed by atoms with van der Waals surface area (Å²) < 4.78 is 74.3. The van der Waals surface area contributed by atoms with Crippen LogP contribution in [0.3, 0.4) is 0 Å². The first kappa shape index (κ1) is 26.9. The maximum absolute atomic E-state index is 13.6. The molecule has 182 valence electrons. The van der Waals surface area contributed by atoms with Crippen LogP contribution in [0.5, 0.6) is 5.75 Å². The maximum atomic E-state index is 13.6. The first-order chi connectivity index (χ1) is 14.9. The van der Waals surface area contributed by atoms with Gasteiger partial charge in [0, 0.05) is 18.7 Å². The Bertz CT molecular complexity index is 1120. The fourth-order valence-corrected chi connectivity index (χ4v) is 5.29. The topological polar surface area (TPSA) is 109 Å². The van der Waals surface area contributed by atoms with Gasteiger partial charge in [0.1, 0.15) is 10.6 Å². The van der Waals surface area contributed by atoms with Crippen LogP contribution in [0, 0.1) is 5.41 Å². The highest BCUT2D eigenvalue weighted by Gasteiger charge is 2.35. The molecule has 0 radical (unpaired) electrons. The molecule has 4 N–H and O–H groups in total. The molecule has 0 aliphatic carbocycles. The van der Waals surface area contributed by atoms with E-state index in [9.17, 15) is 21.6 Å². The number of nitrogens with one attached hydrogen (secondary N) is 2. The van der Waals surface area contributed by atoms with Crippen molar-refractivity contribution in [1.29, 1.82) is 5.41 Å². The van der Waals surface area contributed by atoms with Crippen LogP contribution in [0.25, 0.3) is 0 Å². The number of anilines is 1. The van der Waals surface area contributed by atoms with Gasteiger partial charge in [-0.05, 0) is 43.0 Å². The quantitative estimate of drug-likeness (QED) is 0.387. The van der Waals surface area contributed by atoms with E-state index in [4.69, 9.17) is 27.5 Å². The summed E-state index contributed by atoms with van der Waals surface area (Å²) in [5, 5.41) is 7.46. The number of guanidine groups is 1. The molecule has 33 heavy (non-hydrogen) atoms. The second-order valence-corrected chi connectivity index (χ2v) is 9.38. The molecule has 7 nitrogen and oxygen atoms in total. The van der Waals surface area contributed by atoms with Gasteiger partial charge in [-0.2, -0.15) is 13.2 Å². The van der Waals surface area contributed by atoms with Crippen LogP contribution in [0.2, 0.25) is 5.02 Å². The first-order valence-electron chi connectivity index (χ1n) is 9.59. The van der Waals surface area contributed by atoms with E-state index in [0.717, 1.165) is 6.07 Å². The van der Waals surface area contributed by atoms with Crippen molar-refractivity contribution in [2.75, 3.05) is 24.9 Å². The van der Waals surface area contributed by atoms with Crippen molar-refractivity contribution in [3.8, 4) is 5.75 Å². The molecule has 2 aromatic rings. The number of hydrogen-bond donors (Lipinski definition) is 3. The Kier molecular flexibility index (Phi) is 8.36. The van der Waals surface area contributed by atoms with Crippen LogP contribution in [0.15, 0.2) is 41.3 Å². The summed E-state index contributed by atoms with van der Waals surface area (Å²) in [6, 6.07) is 7.31. The number of nitrogens with zero attached hydrogens (tertiary/aromatic N) is 1. The largest absolute Gasteiger partial charge is 0.494 e. The van der Waals surface area contributed by atoms with Crippen molar-refractivity contribution >= 4 is 45.7 Å². The first-order valence-corrected chi connectivity index (χ1v) is 11.5. The molecule has 13 heteroatoms. The van der Waals surface area contributed by atoms with E-state index >= 15 is 0 Å². The molecular formula is C20H23Cl2F3N4O3S. The molecule has 0 spiro atoms. The molecule has 1 fully saturated rings. The zero-order chi connectivity index (χ0) is 23.7. The molecule has 0 atom stereocenters. The molecule has 0 unspecified atom stereocenters. The second-order valence-electron chi connectivity index (χ2n) is 7.33. The lowest BCUT2D eigenvalue weighted by molar-refractivity contribution is -0.137. The molecule has 2 aromatic carbocycles. The SMILES string of the molecule is COc1c(NS(=O)(=O)c2ccccc2Cl)cc(C(F)(F)F)cc1C1CCN(C(=N)N)CC1.Cl. The van der Waals surface area contributed by atoms with Crippen molar-refractivity contribution < 1.29 is 26.3 Å². The van der Waals surface area contributed by atoms with Crippen LogP contribution >= 0.6 is 24.0 Å². The zero-order valence-electron chi connectivity index (χ0n) is 17.4. The Morgan fingerprint density at radius 2 is 1.85 bits per heavy atom. The third-order valence-corrected chi connectivity index (χ3v) is 7.16. The average molecular weight is 527 g/mol. The Morgan fingerprint density at radius 3 is 2.36 bits per heavy atom. The third-order valence-electron chi connectivity index (χ3n) is 5.30. The molecule has 1 aliphatic rings. The lowest BCUT2D eigenvalue weighted by Gasteiger charge is -2.33. The molecule has 0 bridgehead atoms. The van der Waals surface area contributed by atoms with E-state index in [1.54, 1.807) is 4.90 Å². The van der Waals surface area contributed by atoms with Gasteiger partial charge in [0.25, 0.3) is 10.0 Å². The Morgan fingerprint density at radius 1 is 1.24 bits per heavy atom. The summed E-state index contributed by atoms with van der Waals surface area (Å²) >= 11 is 5.98. The monoisotopic (exact) mass is 526 g/mol. The van der Waals surface area contributed by atoms with Gasteiger partial charge in [0.05, 0.1) is 23.4 Å². The van der Waals surface area contributed by atoms with Crippen LogP contribution < -0.4 is 15.2 Å². The molecule has 0 aromatic heterocycles. The van der Waals surface area contributed by atoms with Crippen molar-refractivity contribution in [2.24, 2.45) is 5.73 Å². The van der Waals surface area contributed by atoms with Crippen LogP contribution in [-0.2, 0) is 16.2 Å². The Balaban J connectivity index is 0.00000385. The summed E-state index contributed by atoms with van der Waals surface area (Å²) in [4.78, 5) is 1.36. The smallest absolute Gasteiger partial charge is 0.416 e. The summed E-state index contributed by atoms with van der Waals surface area (Å²) in [5.74, 6) is -0.436. The van der Waals surface area contributed by atoms with Gasteiger partial charge in [-0.3, -0.25) is 10.1 Å². The predicted molar refractivity (Wildman–Crippen MR) is 123 cm³/mol. The Hall–Kier alpha value is -2.37. The highest BCUT2D eigenvalue weighted by Crippen LogP contribution is 2.44. The number of sulfonamides is 1. The third kappa shape index (κ3) is 5.96. The lowest BCUT2D eigenvalue weighted by Crippen LogP contribution is -2.41. The van der Waals surface area contributed by atoms with E-state index in [-0.39, 0.29) is 51.2 Å². The summed E-state index contributed by atoms with van der Waals surface area (Å²) in [6.07, 6.45) is -3.85. The maximum Gasteiger partial charge on any atom is 0.416 e. The molecule has 3 rings (SSSR count). The summed E-state index contributed by atoms with van der Waals surface area (Å²) in [5.41, 5.74) is 4.41. The molecule has 0 saturated carbocycles. The minimum Gasteiger partial charge on any atom is -0.494 e. The van der Waals surface area contributed by atoms with Crippen LogP contribution in [0.4, 0.5) is 18.9 Å². The van der Waals surface area contributed by atoms with Gasteiger partial charge < -0.3 is 15.4 Å². The van der Waals surface area contributed by atoms with E-state index < -0.39 is 21.8 Å². The number of likely N-dealkylation sites (tertiary alicyclic amines) is 1. The number of ether oxygens (including phenoxy) is 1. The van der Waals surface area contributed by atoms with Crippen molar-refractivity contribution in [3.63, 3.8) is 0 Å². The van der Waals surface area contributed by atoms with Crippen molar-refractivity contribution in [1.82, 2.24) is 4.90 Å². The van der Waals surface area contributed by atoms with E-state index in [0.29, 0.717) is 32.0 Å². The van der Waals surface area contributed by atoms with Gasteiger partial charge >= 0.3 is 6.18 Å². The number of alkyl halides is 3. The normalized spacial score (nSPS) is 15.0. The molecule has 1 saturated heterocycles. The lowest BCUT2D eigenvalue weighted by atomic mass is 9.87. The summed E-state index contributed by atoms with van der Waals surface area (Å²) in [6.45, 7) is 0.778. The standard InChI is InChI=1S/C20H22ClF3N4O3S.ClH/c1-31-18-14(12-6-8-28(9-7-12)19(25)26)10-13(20(22,23)24)11-16(18)27-32(29,30)17-5-3-2-4-15(17)21;/h2-5,10-12,27H,6-9H2,1H3,(H3,25,26);1H. The molecular weight excluding hydrogens is 504 g/mol. The number of hydrogen-bond acceptors (Lipinski definition) is 4. The number of methoxy groups -OCH3 is 1. The molecule has 0 amide bonds. The average Bonchev–Trinajstić information content (AvgIpc) is 2.72. The van der Waals surface area contributed by atoms with Crippen molar-refractivity contribution in [3.05, 3.63) is 52.5 Å². The number of rotatable bonds is 5. The van der Waals surface area contributed by atoms with Crippen molar-refractivity contribution in [2.45, 2.75) is 29.8 Å². The number of piperidine rings is 1. The van der Waals surface area contributed by atoms with Crippen LogP contribution in [0.1, 0.15) is 29.9 Å². The van der Waals surface area contributed by atoms with Gasteiger partial charge in [0.15, 0.2) is 5.96 Å². The predicted octanol–water partition coefficient (Wildman–Crippen LogP) is 4.66. The van der Waals surface area contributed by atoms with E-state index in [1.807, 2.05) is 0 Å². The fourth-order valence-electron chi connectivity index (χ4n) is 3.72. The second kappa shape index (κ2) is 10.3. The fraction of sp³-hybridized carbons (Fsp3) is 0.350. The highest BCUT2D eigenvalue weighted by molar-refractivity contribution is 7.92. The van der Waals surface area contributed by atoms with Crippen LogP contribution in [-0.4, -0.2) is 39.5 Å². The number of nitrogens with two attached hydrogens (primary N) is 1. The Labute approximate surface area is 201 Å². The highest BCUT2D eigenvalue weighted by atomic mass is 35.5.